The van der Waals surface area contributed by atoms with Crippen molar-refractivity contribution in [3.05, 3.63) is 81.8 Å². The Morgan fingerprint density at radius 1 is 1.16 bits per heavy atom. The molecule has 0 N–H and O–H groups in total. The summed E-state index contributed by atoms with van der Waals surface area (Å²) >= 11 is 9.68. The van der Waals surface area contributed by atoms with Crippen molar-refractivity contribution in [2.24, 2.45) is 0 Å². The highest BCUT2D eigenvalue weighted by Crippen LogP contribution is 2.26. The minimum atomic E-state index is 0.110. The van der Waals surface area contributed by atoms with Gasteiger partial charge in [-0.15, -0.1) is 0 Å². The van der Waals surface area contributed by atoms with Crippen molar-refractivity contribution in [3.8, 4) is 0 Å². The first kappa shape index (κ1) is 23.0. The monoisotopic (exact) mass is 514 g/mol. The van der Waals surface area contributed by atoms with Crippen LogP contribution in [0.3, 0.4) is 0 Å². The molecule has 3 aromatic rings. The Kier molecular flexibility index (Phi) is 7.66. The van der Waals surface area contributed by atoms with Gasteiger partial charge in [-0.25, -0.2) is 4.98 Å². The van der Waals surface area contributed by atoms with Gasteiger partial charge >= 0.3 is 0 Å². The van der Waals surface area contributed by atoms with Crippen LogP contribution in [0.1, 0.15) is 37.4 Å². The normalized spacial score (nSPS) is 17.2. The predicted octanol–water partition coefficient (Wildman–Crippen LogP) is 5.75. The van der Waals surface area contributed by atoms with Crippen LogP contribution in [0.5, 0.6) is 0 Å². The second-order valence-corrected chi connectivity index (χ2v) is 9.68. The number of imidazole rings is 1. The lowest BCUT2D eigenvalue weighted by Gasteiger charge is -2.41. The highest BCUT2D eigenvalue weighted by molar-refractivity contribution is 9.10. The summed E-state index contributed by atoms with van der Waals surface area (Å²) in [6, 6.07) is 16.2. The number of nitrogens with zero attached hydrogens (tertiary/aromatic N) is 4. The average Bonchev–Trinajstić information content (AvgIpc) is 3.21. The van der Waals surface area contributed by atoms with Gasteiger partial charge in [0.05, 0.1) is 18.6 Å². The van der Waals surface area contributed by atoms with Crippen LogP contribution in [0.25, 0.3) is 0 Å². The van der Waals surface area contributed by atoms with Gasteiger partial charge in [-0.05, 0) is 42.3 Å². The highest BCUT2D eigenvalue weighted by Gasteiger charge is 2.33. The maximum absolute atomic E-state index is 13.1. The second-order valence-electron chi connectivity index (χ2n) is 8.32. The molecule has 0 spiro atoms. The summed E-state index contributed by atoms with van der Waals surface area (Å²) in [5, 5.41) is 0.652. The first-order chi connectivity index (χ1) is 15.5. The molecular weight excluding hydrogens is 488 g/mol. The van der Waals surface area contributed by atoms with E-state index in [2.05, 4.69) is 61.6 Å². The fourth-order valence-corrected chi connectivity index (χ4v) is 4.67. The summed E-state index contributed by atoms with van der Waals surface area (Å²) in [6.45, 7) is 4.75. The number of unbranched alkanes of at least 4 members (excludes halogenated alkanes) is 1. The summed E-state index contributed by atoms with van der Waals surface area (Å²) in [4.78, 5) is 21.7. The molecule has 5 nitrogen and oxygen atoms in total. The third-order valence-electron chi connectivity index (χ3n) is 5.99. The number of piperazine rings is 1. The molecule has 1 aliphatic heterocycles. The molecule has 0 saturated carbocycles. The summed E-state index contributed by atoms with van der Waals surface area (Å²) in [6.07, 6.45) is 7.13. The molecule has 7 heteroatoms. The zero-order chi connectivity index (χ0) is 22.5. The molecule has 0 aliphatic carbocycles. The molecule has 4 rings (SSSR count). The van der Waals surface area contributed by atoms with E-state index >= 15 is 0 Å². The molecule has 1 saturated heterocycles. The Morgan fingerprint density at radius 3 is 2.72 bits per heavy atom. The van der Waals surface area contributed by atoms with Crippen molar-refractivity contribution in [2.75, 3.05) is 18.0 Å². The van der Waals surface area contributed by atoms with Crippen molar-refractivity contribution in [1.29, 1.82) is 0 Å². The standard InChI is InChI=1S/C25H28BrClN4O/c1-2-3-6-23-16-31(22-7-4-5-21(27)12-22)25(32)17-29(23)15-24-13-28-18-30(24)14-19-8-10-20(26)11-9-19/h4-5,7-13,18,23H,2-3,6,14-17H2,1H3/t23-/m0/s1. The lowest BCUT2D eigenvalue weighted by molar-refractivity contribution is -0.122. The van der Waals surface area contributed by atoms with E-state index in [-0.39, 0.29) is 5.91 Å². The van der Waals surface area contributed by atoms with Gasteiger partial charge in [-0.1, -0.05) is 65.5 Å². The molecule has 1 atom stereocenters. The van der Waals surface area contributed by atoms with E-state index < -0.39 is 0 Å². The molecule has 1 aromatic heterocycles. The number of hydrogen-bond donors (Lipinski definition) is 0. The largest absolute Gasteiger partial charge is 0.329 e. The Bertz CT molecular complexity index is 1050. The first-order valence-electron chi connectivity index (χ1n) is 11.1. The maximum Gasteiger partial charge on any atom is 0.241 e. The van der Waals surface area contributed by atoms with Gasteiger partial charge in [0.25, 0.3) is 0 Å². The number of rotatable bonds is 8. The molecule has 1 amide bonds. The summed E-state index contributed by atoms with van der Waals surface area (Å²) in [7, 11) is 0. The van der Waals surface area contributed by atoms with Gasteiger partial charge in [0.15, 0.2) is 0 Å². The number of carbonyl (C=O) groups is 1. The van der Waals surface area contributed by atoms with Gasteiger partial charge in [-0.2, -0.15) is 0 Å². The van der Waals surface area contributed by atoms with Crippen LogP contribution in [-0.4, -0.2) is 39.5 Å². The SMILES string of the molecule is CCCC[C@H]1CN(c2cccc(Cl)c2)C(=O)CN1Cc1cncn1Cc1ccc(Br)cc1. The minimum absolute atomic E-state index is 0.110. The quantitative estimate of drug-likeness (QED) is 0.383. The van der Waals surface area contributed by atoms with E-state index in [1.807, 2.05) is 41.7 Å². The van der Waals surface area contributed by atoms with Gasteiger partial charge in [-0.3, -0.25) is 9.69 Å². The Balaban J connectivity index is 1.51. The van der Waals surface area contributed by atoms with Gasteiger partial charge in [0.1, 0.15) is 0 Å². The summed E-state index contributed by atoms with van der Waals surface area (Å²) in [5.41, 5.74) is 3.22. The van der Waals surface area contributed by atoms with E-state index in [4.69, 9.17) is 11.6 Å². The molecule has 2 aromatic carbocycles. The lowest BCUT2D eigenvalue weighted by Crippen LogP contribution is -2.56. The van der Waals surface area contributed by atoms with Crippen molar-refractivity contribution in [2.45, 2.75) is 45.3 Å². The van der Waals surface area contributed by atoms with E-state index in [0.29, 0.717) is 30.7 Å². The van der Waals surface area contributed by atoms with Crippen LogP contribution < -0.4 is 4.90 Å². The van der Waals surface area contributed by atoms with Crippen molar-refractivity contribution >= 4 is 39.1 Å². The van der Waals surface area contributed by atoms with Crippen molar-refractivity contribution in [3.63, 3.8) is 0 Å². The zero-order valence-corrected chi connectivity index (χ0v) is 20.6. The van der Waals surface area contributed by atoms with Crippen LogP contribution in [0.4, 0.5) is 5.69 Å². The molecule has 0 bridgehead atoms. The van der Waals surface area contributed by atoms with Gasteiger partial charge < -0.3 is 9.47 Å². The predicted molar refractivity (Wildman–Crippen MR) is 133 cm³/mol. The fraction of sp³-hybridized carbons (Fsp3) is 0.360. The number of carbonyl (C=O) groups excluding carboxylic acids is 1. The van der Waals surface area contributed by atoms with Gasteiger partial charge in [0.2, 0.25) is 5.91 Å². The summed E-state index contributed by atoms with van der Waals surface area (Å²) in [5.74, 6) is 0.110. The lowest BCUT2D eigenvalue weighted by atomic mass is 10.0. The molecular formula is C25H28BrClN4O. The third-order valence-corrected chi connectivity index (χ3v) is 6.75. The van der Waals surface area contributed by atoms with Crippen LogP contribution in [-0.2, 0) is 17.9 Å². The molecule has 0 radical (unpaired) electrons. The zero-order valence-electron chi connectivity index (χ0n) is 18.3. The van der Waals surface area contributed by atoms with E-state index in [0.717, 1.165) is 41.7 Å². The number of hydrogen-bond acceptors (Lipinski definition) is 3. The number of amides is 1. The molecule has 1 aliphatic rings. The Hall–Kier alpha value is -2.15. The van der Waals surface area contributed by atoms with E-state index in [1.54, 1.807) is 0 Å². The van der Waals surface area contributed by atoms with Crippen molar-refractivity contribution in [1.82, 2.24) is 14.5 Å². The first-order valence-corrected chi connectivity index (χ1v) is 12.2. The van der Waals surface area contributed by atoms with Crippen molar-refractivity contribution < 1.29 is 4.79 Å². The topological polar surface area (TPSA) is 41.4 Å². The number of halogens is 2. The Labute approximate surface area is 203 Å². The smallest absolute Gasteiger partial charge is 0.241 e. The number of aromatic nitrogens is 2. The summed E-state index contributed by atoms with van der Waals surface area (Å²) < 4.78 is 3.25. The van der Waals surface area contributed by atoms with Crippen LogP contribution in [0.15, 0.2) is 65.5 Å². The minimum Gasteiger partial charge on any atom is -0.329 e. The molecule has 0 unspecified atom stereocenters. The van der Waals surface area contributed by atoms with Crippen LogP contribution >= 0.6 is 27.5 Å². The van der Waals surface area contributed by atoms with Gasteiger partial charge in [0, 0.05) is 47.1 Å². The molecule has 2 heterocycles. The average molecular weight is 516 g/mol. The van der Waals surface area contributed by atoms with E-state index in [1.165, 1.54) is 5.56 Å². The third kappa shape index (κ3) is 5.61. The van der Waals surface area contributed by atoms with Crippen LogP contribution in [0, 0.1) is 0 Å². The highest BCUT2D eigenvalue weighted by atomic mass is 79.9. The number of benzene rings is 2. The second kappa shape index (κ2) is 10.6. The maximum atomic E-state index is 13.1. The number of anilines is 1. The fourth-order valence-electron chi connectivity index (χ4n) is 4.23. The molecule has 32 heavy (non-hydrogen) atoms. The Morgan fingerprint density at radius 2 is 1.97 bits per heavy atom. The molecule has 1 fully saturated rings. The van der Waals surface area contributed by atoms with E-state index in [9.17, 15) is 4.79 Å². The molecule has 168 valence electrons. The van der Waals surface area contributed by atoms with Crippen LogP contribution in [0.2, 0.25) is 5.02 Å².